The predicted octanol–water partition coefficient (Wildman–Crippen LogP) is 3.52. The Hall–Kier alpha value is -2.23. The third kappa shape index (κ3) is 4.16. The normalized spacial score (nSPS) is 10.1. The Morgan fingerprint density at radius 1 is 1.10 bits per heavy atom. The van der Waals surface area contributed by atoms with Crippen LogP contribution in [0.15, 0.2) is 42.6 Å². The van der Waals surface area contributed by atoms with Gasteiger partial charge in [0.15, 0.2) is 0 Å². The second kappa shape index (κ2) is 7.38. The molecule has 1 heterocycles. The van der Waals surface area contributed by atoms with Crippen molar-refractivity contribution in [1.82, 2.24) is 4.98 Å². The zero-order chi connectivity index (χ0) is 14.2. The van der Waals surface area contributed by atoms with Crippen LogP contribution in [0.1, 0.15) is 18.9 Å². The average molecular weight is 271 g/mol. The van der Waals surface area contributed by atoms with E-state index < -0.39 is 0 Å². The standard InChI is InChI=1S/C16H21N3O/c1-3-9-17-16-11-14(8-10-18-16)19-12-13-4-6-15(20-2)7-5-13/h4-8,10-11H,3,9,12H2,1-2H3,(H2,17,18,19). The van der Waals surface area contributed by atoms with Crippen LogP contribution in [0.4, 0.5) is 11.5 Å². The molecule has 0 aliphatic heterocycles. The summed E-state index contributed by atoms with van der Waals surface area (Å²) in [7, 11) is 1.68. The Bertz CT molecular complexity index is 526. The Morgan fingerprint density at radius 3 is 2.60 bits per heavy atom. The fourth-order valence-electron chi connectivity index (χ4n) is 1.84. The Labute approximate surface area is 120 Å². The molecular formula is C16H21N3O. The van der Waals surface area contributed by atoms with Crippen LogP contribution in [0.5, 0.6) is 5.75 Å². The van der Waals surface area contributed by atoms with Crippen molar-refractivity contribution < 1.29 is 4.74 Å². The lowest BCUT2D eigenvalue weighted by atomic mass is 10.2. The van der Waals surface area contributed by atoms with E-state index in [0.29, 0.717) is 0 Å². The monoisotopic (exact) mass is 271 g/mol. The Balaban J connectivity index is 1.92. The maximum absolute atomic E-state index is 5.15. The topological polar surface area (TPSA) is 46.2 Å². The molecule has 0 saturated carbocycles. The van der Waals surface area contributed by atoms with Crippen LogP contribution in [0.25, 0.3) is 0 Å². The summed E-state index contributed by atoms with van der Waals surface area (Å²) in [6, 6.07) is 12.1. The third-order valence-electron chi connectivity index (χ3n) is 2.97. The first-order valence-electron chi connectivity index (χ1n) is 6.88. The molecule has 1 aromatic heterocycles. The van der Waals surface area contributed by atoms with Crippen LogP contribution >= 0.6 is 0 Å². The first-order valence-corrected chi connectivity index (χ1v) is 6.88. The van der Waals surface area contributed by atoms with Crippen molar-refractivity contribution in [2.45, 2.75) is 19.9 Å². The number of hydrogen-bond donors (Lipinski definition) is 2. The van der Waals surface area contributed by atoms with E-state index in [1.54, 1.807) is 7.11 Å². The summed E-state index contributed by atoms with van der Waals surface area (Å²) in [5, 5.41) is 6.67. The van der Waals surface area contributed by atoms with E-state index >= 15 is 0 Å². The van der Waals surface area contributed by atoms with Gasteiger partial charge in [0.1, 0.15) is 11.6 Å². The van der Waals surface area contributed by atoms with Gasteiger partial charge < -0.3 is 15.4 Å². The minimum Gasteiger partial charge on any atom is -0.497 e. The SMILES string of the molecule is CCCNc1cc(NCc2ccc(OC)cc2)ccn1. The van der Waals surface area contributed by atoms with Crippen LogP contribution < -0.4 is 15.4 Å². The average Bonchev–Trinajstić information content (AvgIpc) is 2.52. The maximum Gasteiger partial charge on any atom is 0.127 e. The Morgan fingerprint density at radius 2 is 1.90 bits per heavy atom. The van der Waals surface area contributed by atoms with E-state index in [9.17, 15) is 0 Å². The molecule has 0 unspecified atom stereocenters. The number of hydrogen-bond acceptors (Lipinski definition) is 4. The predicted molar refractivity (Wildman–Crippen MR) is 83.3 cm³/mol. The van der Waals surface area contributed by atoms with Crippen LogP contribution in [-0.2, 0) is 6.54 Å². The minimum atomic E-state index is 0.779. The number of aromatic nitrogens is 1. The maximum atomic E-state index is 5.15. The van der Waals surface area contributed by atoms with Gasteiger partial charge in [-0.3, -0.25) is 0 Å². The van der Waals surface area contributed by atoms with Crippen molar-refractivity contribution in [3.63, 3.8) is 0 Å². The quantitative estimate of drug-likeness (QED) is 0.808. The highest BCUT2D eigenvalue weighted by Crippen LogP contribution is 2.15. The molecule has 20 heavy (non-hydrogen) atoms. The number of rotatable bonds is 7. The van der Waals surface area contributed by atoms with Crippen LogP contribution in [0.3, 0.4) is 0 Å². The highest BCUT2D eigenvalue weighted by Gasteiger charge is 1.98. The van der Waals surface area contributed by atoms with Crippen LogP contribution in [-0.4, -0.2) is 18.6 Å². The number of benzene rings is 1. The molecule has 0 atom stereocenters. The molecular weight excluding hydrogens is 250 g/mol. The second-order valence-corrected chi connectivity index (χ2v) is 4.56. The molecule has 0 spiro atoms. The van der Waals surface area contributed by atoms with Gasteiger partial charge in [-0.05, 0) is 30.2 Å². The molecule has 4 heteroatoms. The lowest BCUT2D eigenvalue weighted by Crippen LogP contribution is -2.04. The van der Waals surface area contributed by atoms with E-state index in [1.165, 1.54) is 5.56 Å². The summed E-state index contributed by atoms with van der Waals surface area (Å²) in [4.78, 5) is 4.29. The summed E-state index contributed by atoms with van der Waals surface area (Å²) >= 11 is 0. The molecule has 1 aromatic carbocycles. The molecule has 0 bridgehead atoms. The molecule has 0 amide bonds. The lowest BCUT2D eigenvalue weighted by molar-refractivity contribution is 0.414. The van der Waals surface area contributed by atoms with E-state index in [1.807, 2.05) is 30.5 Å². The zero-order valence-corrected chi connectivity index (χ0v) is 12.0. The van der Waals surface area contributed by atoms with Gasteiger partial charge in [-0.1, -0.05) is 19.1 Å². The fraction of sp³-hybridized carbons (Fsp3) is 0.312. The molecule has 0 radical (unpaired) electrons. The second-order valence-electron chi connectivity index (χ2n) is 4.56. The van der Waals surface area contributed by atoms with Gasteiger partial charge in [0.2, 0.25) is 0 Å². The van der Waals surface area contributed by atoms with E-state index in [2.05, 4.69) is 34.7 Å². The number of methoxy groups -OCH3 is 1. The highest BCUT2D eigenvalue weighted by atomic mass is 16.5. The van der Waals surface area contributed by atoms with E-state index in [0.717, 1.165) is 36.8 Å². The summed E-state index contributed by atoms with van der Waals surface area (Å²) in [6.07, 6.45) is 2.90. The van der Waals surface area contributed by atoms with Gasteiger partial charge in [0.25, 0.3) is 0 Å². The molecule has 2 aromatic rings. The van der Waals surface area contributed by atoms with Crippen molar-refractivity contribution in [1.29, 1.82) is 0 Å². The van der Waals surface area contributed by atoms with Gasteiger partial charge >= 0.3 is 0 Å². The number of anilines is 2. The molecule has 2 rings (SSSR count). The van der Waals surface area contributed by atoms with E-state index in [4.69, 9.17) is 4.74 Å². The van der Waals surface area contributed by atoms with Gasteiger partial charge in [0.05, 0.1) is 7.11 Å². The van der Waals surface area contributed by atoms with Crippen molar-refractivity contribution in [2.24, 2.45) is 0 Å². The van der Waals surface area contributed by atoms with Crippen LogP contribution in [0, 0.1) is 0 Å². The number of ether oxygens (including phenoxy) is 1. The third-order valence-corrected chi connectivity index (χ3v) is 2.97. The highest BCUT2D eigenvalue weighted by molar-refractivity contribution is 5.52. The zero-order valence-electron chi connectivity index (χ0n) is 12.0. The fourth-order valence-corrected chi connectivity index (χ4v) is 1.84. The lowest BCUT2D eigenvalue weighted by Gasteiger charge is -2.09. The molecule has 0 saturated heterocycles. The molecule has 0 aliphatic rings. The smallest absolute Gasteiger partial charge is 0.127 e. The molecule has 106 valence electrons. The van der Waals surface area contributed by atoms with Gasteiger partial charge in [-0.15, -0.1) is 0 Å². The molecule has 2 N–H and O–H groups in total. The summed E-state index contributed by atoms with van der Waals surface area (Å²) in [5.74, 6) is 1.79. The van der Waals surface area contributed by atoms with Crippen molar-refractivity contribution in [2.75, 3.05) is 24.3 Å². The first-order chi connectivity index (χ1) is 9.81. The van der Waals surface area contributed by atoms with Gasteiger partial charge in [-0.25, -0.2) is 4.98 Å². The van der Waals surface area contributed by atoms with Crippen molar-refractivity contribution in [3.05, 3.63) is 48.2 Å². The Kier molecular flexibility index (Phi) is 5.24. The number of nitrogens with zero attached hydrogens (tertiary/aromatic N) is 1. The van der Waals surface area contributed by atoms with Crippen molar-refractivity contribution in [3.8, 4) is 5.75 Å². The first kappa shape index (κ1) is 14.2. The minimum absolute atomic E-state index is 0.779. The van der Waals surface area contributed by atoms with Crippen molar-refractivity contribution >= 4 is 11.5 Å². The number of nitrogens with one attached hydrogen (secondary N) is 2. The van der Waals surface area contributed by atoms with Crippen LogP contribution in [0.2, 0.25) is 0 Å². The molecule has 0 aliphatic carbocycles. The number of pyridine rings is 1. The van der Waals surface area contributed by atoms with Gasteiger partial charge in [0, 0.05) is 31.0 Å². The summed E-state index contributed by atoms with van der Waals surface area (Å²) < 4.78 is 5.15. The molecule has 4 nitrogen and oxygen atoms in total. The van der Waals surface area contributed by atoms with Gasteiger partial charge in [-0.2, -0.15) is 0 Å². The molecule has 0 fully saturated rings. The largest absolute Gasteiger partial charge is 0.497 e. The summed E-state index contributed by atoms with van der Waals surface area (Å²) in [5.41, 5.74) is 2.28. The van der Waals surface area contributed by atoms with E-state index in [-0.39, 0.29) is 0 Å². The summed E-state index contributed by atoms with van der Waals surface area (Å²) in [6.45, 7) is 3.86.